The smallest absolute Gasteiger partial charge is 0.120 e. The lowest BCUT2D eigenvalue weighted by Crippen LogP contribution is -2.16. The van der Waals surface area contributed by atoms with Crippen molar-refractivity contribution in [2.24, 2.45) is 0 Å². The van der Waals surface area contributed by atoms with Crippen LogP contribution in [0.4, 0.5) is 0 Å². The van der Waals surface area contributed by atoms with Crippen molar-refractivity contribution >= 4 is 11.8 Å². The van der Waals surface area contributed by atoms with E-state index in [0.717, 1.165) is 17.9 Å². The molecule has 0 heterocycles. The van der Waals surface area contributed by atoms with Gasteiger partial charge in [0.25, 0.3) is 0 Å². The Morgan fingerprint density at radius 2 is 1.89 bits per heavy atom. The number of thioether (sulfide) groups is 1. The van der Waals surface area contributed by atoms with E-state index in [-0.39, 0.29) is 0 Å². The molecule has 19 heavy (non-hydrogen) atoms. The fraction of sp³-hybridized carbons (Fsp3) is 0.250. The number of phenolic OH excluding ortho intramolecular Hbond substituents is 1. The third-order valence-electron chi connectivity index (χ3n) is 2.84. The van der Waals surface area contributed by atoms with Gasteiger partial charge in [0.2, 0.25) is 0 Å². The maximum Gasteiger partial charge on any atom is 0.120 e. The van der Waals surface area contributed by atoms with Crippen molar-refractivity contribution in [1.29, 1.82) is 0 Å². The summed E-state index contributed by atoms with van der Waals surface area (Å²) in [6.45, 7) is 3.67. The predicted octanol–water partition coefficient (Wildman–Crippen LogP) is 3.58. The van der Waals surface area contributed by atoms with E-state index in [1.165, 1.54) is 10.5 Å². The van der Waals surface area contributed by atoms with Crippen LogP contribution >= 0.6 is 11.8 Å². The molecule has 0 spiro atoms. The summed E-state index contributed by atoms with van der Waals surface area (Å²) in [6.07, 6.45) is 0. The molecule has 100 valence electrons. The first-order valence-corrected chi connectivity index (χ1v) is 7.41. The van der Waals surface area contributed by atoms with Gasteiger partial charge in [0.1, 0.15) is 5.75 Å². The van der Waals surface area contributed by atoms with Crippen LogP contribution < -0.4 is 5.32 Å². The van der Waals surface area contributed by atoms with Crippen LogP contribution in [-0.2, 0) is 6.54 Å². The van der Waals surface area contributed by atoms with Crippen molar-refractivity contribution in [2.75, 3.05) is 12.3 Å². The van der Waals surface area contributed by atoms with E-state index in [1.807, 2.05) is 36.9 Å². The molecule has 0 aliphatic heterocycles. The zero-order valence-corrected chi connectivity index (χ0v) is 11.9. The van der Waals surface area contributed by atoms with E-state index < -0.39 is 0 Å². The highest BCUT2D eigenvalue weighted by Crippen LogP contribution is 2.18. The molecule has 0 aliphatic carbocycles. The highest BCUT2D eigenvalue weighted by Gasteiger charge is 2.00. The largest absolute Gasteiger partial charge is 0.508 e. The van der Waals surface area contributed by atoms with Crippen molar-refractivity contribution in [3.8, 4) is 5.75 Å². The van der Waals surface area contributed by atoms with E-state index in [2.05, 4.69) is 29.6 Å². The third kappa shape index (κ3) is 4.62. The summed E-state index contributed by atoms with van der Waals surface area (Å²) in [5.41, 5.74) is 2.14. The molecule has 2 aromatic rings. The van der Waals surface area contributed by atoms with Gasteiger partial charge < -0.3 is 10.4 Å². The first-order chi connectivity index (χ1) is 9.25. The zero-order chi connectivity index (χ0) is 13.5. The first-order valence-electron chi connectivity index (χ1n) is 6.43. The van der Waals surface area contributed by atoms with Gasteiger partial charge in [-0.25, -0.2) is 0 Å². The van der Waals surface area contributed by atoms with Gasteiger partial charge in [0.05, 0.1) is 0 Å². The van der Waals surface area contributed by atoms with Gasteiger partial charge in [-0.2, -0.15) is 0 Å². The van der Waals surface area contributed by atoms with Gasteiger partial charge in [-0.15, -0.1) is 11.8 Å². The number of benzene rings is 2. The SMILES string of the molecule is Cc1ccc(O)c(CNCCSc2ccccc2)c1. The number of hydrogen-bond acceptors (Lipinski definition) is 3. The summed E-state index contributed by atoms with van der Waals surface area (Å²) in [5.74, 6) is 1.39. The van der Waals surface area contributed by atoms with Crippen LogP contribution in [0.1, 0.15) is 11.1 Å². The van der Waals surface area contributed by atoms with Crippen molar-refractivity contribution in [2.45, 2.75) is 18.4 Å². The number of phenols is 1. The van der Waals surface area contributed by atoms with Gasteiger partial charge in [-0.3, -0.25) is 0 Å². The standard InChI is InChI=1S/C16H19NOS/c1-13-7-8-16(18)14(11-13)12-17-9-10-19-15-5-3-2-4-6-15/h2-8,11,17-18H,9-10,12H2,1H3. The lowest BCUT2D eigenvalue weighted by molar-refractivity contribution is 0.465. The number of aryl methyl sites for hydroxylation is 1. The highest BCUT2D eigenvalue weighted by atomic mass is 32.2. The molecule has 0 radical (unpaired) electrons. The molecule has 0 amide bonds. The lowest BCUT2D eigenvalue weighted by Gasteiger charge is -2.07. The Morgan fingerprint density at radius 1 is 1.11 bits per heavy atom. The van der Waals surface area contributed by atoms with Crippen LogP contribution in [-0.4, -0.2) is 17.4 Å². The topological polar surface area (TPSA) is 32.3 Å². The average molecular weight is 273 g/mol. The molecule has 2 nitrogen and oxygen atoms in total. The molecule has 0 aliphatic rings. The summed E-state index contributed by atoms with van der Waals surface area (Å²) >= 11 is 1.84. The Balaban J connectivity index is 1.71. The predicted molar refractivity (Wildman–Crippen MR) is 81.7 cm³/mol. The average Bonchev–Trinajstić information content (AvgIpc) is 2.43. The second-order valence-electron chi connectivity index (χ2n) is 4.47. The van der Waals surface area contributed by atoms with Crippen molar-refractivity contribution in [1.82, 2.24) is 5.32 Å². The van der Waals surface area contributed by atoms with Crippen molar-refractivity contribution in [3.05, 3.63) is 59.7 Å². The maximum atomic E-state index is 9.72. The van der Waals surface area contributed by atoms with Gasteiger partial charge in [0.15, 0.2) is 0 Å². The second-order valence-corrected chi connectivity index (χ2v) is 5.64. The summed E-state index contributed by atoms with van der Waals surface area (Å²) in [6, 6.07) is 16.1. The number of aromatic hydroxyl groups is 1. The second kappa shape index (κ2) is 7.22. The molecular weight excluding hydrogens is 254 g/mol. The highest BCUT2D eigenvalue weighted by molar-refractivity contribution is 7.99. The van der Waals surface area contributed by atoms with Gasteiger partial charge in [0, 0.05) is 29.3 Å². The van der Waals surface area contributed by atoms with E-state index in [0.29, 0.717) is 12.3 Å². The van der Waals surface area contributed by atoms with Crippen LogP contribution in [0.3, 0.4) is 0 Å². The molecule has 3 heteroatoms. The number of rotatable bonds is 6. The minimum absolute atomic E-state index is 0.369. The molecule has 2 aromatic carbocycles. The summed E-state index contributed by atoms with van der Waals surface area (Å²) < 4.78 is 0. The minimum atomic E-state index is 0.369. The van der Waals surface area contributed by atoms with E-state index >= 15 is 0 Å². The van der Waals surface area contributed by atoms with Crippen LogP contribution in [0.2, 0.25) is 0 Å². The Labute approximate surface area is 118 Å². The minimum Gasteiger partial charge on any atom is -0.508 e. The molecule has 2 rings (SSSR count). The molecule has 0 unspecified atom stereocenters. The molecule has 0 saturated heterocycles. The summed E-state index contributed by atoms with van der Waals surface area (Å²) in [4.78, 5) is 1.29. The van der Waals surface area contributed by atoms with E-state index in [1.54, 1.807) is 6.07 Å². The Morgan fingerprint density at radius 3 is 2.68 bits per heavy atom. The van der Waals surface area contributed by atoms with Crippen molar-refractivity contribution in [3.63, 3.8) is 0 Å². The fourth-order valence-corrected chi connectivity index (χ4v) is 2.67. The molecule has 0 fully saturated rings. The normalized spacial score (nSPS) is 10.6. The van der Waals surface area contributed by atoms with E-state index in [9.17, 15) is 5.11 Å². The molecule has 0 atom stereocenters. The Bertz CT molecular complexity index is 513. The Kier molecular flexibility index (Phi) is 5.31. The number of nitrogens with one attached hydrogen (secondary N) is 1. The molecule has 0 bridgehead atoms. The Hall–Kier alpha value is -1.45. The zero-order valence-electron chi connectivity index (χ0n) is 11.1. The molecule has 0 saturated carbocycles. The third-order valence-corrected chi connectivity index (χ3v) is 3.85. The molecular formula is C16H19NOS. The fourth-order valence-electron chi connectivity index (χ4n) is 1.84. The van der Waals surface area contributed by atoms with Crippen LogP contribution in [0, 0.1) is 6.92 Å². The lowest BCUT2D eigenvalue weighted by atomic mass is 10.1. The molecule has 2 N–H and O–H groups in total. The van der Waals surface area contributed by atoms with Crippen molar-refractivity contribution < 1.29 is 5.11 Å². The first kappa shape index (κ1) is 14.0. The monoisotopic (exact) mass is 273 g/mol. The summed E-state index contributed by atoms with van der Waals surface area (Å²) in [5, 5.41) is 13.1. The van der Waals surface area contributed by atoms with Crippen LogP contribution in [0.5, 0.6) is 5.75 Å². The van der Waals surface area contributed by atoms with Gasteiger partial charge in [-0.1, -0.05) is 35.9 Å². The maximum absolute atomic E-state index is 9.72. The van der Waals surface area contributed by atoms with Gasteiger partial charge >= 0.3 is 0 Å². The van der Waals surface area contributed by atoms with Gasteiger partial charge in [-0.05, 0) is 25.1 Å². The number of hydrogen-bond donors (Lipinski definition) is 2. The molecule has 0 aromatic heterocycles. The quantitative estimate of drug-likeness (QED) is 0.623. The van der Waals surface area contributed by atoms with E-state index in [4.69, 9.17) is 0 Å². The van der Waals surface area contributed by atoms with Crippen LogP contribution in [0.25, 0.3) is 0 Å². The summed E-state index contributed by atoms with van der Waals surface area (Å²) in [7, 11) is 0. The van der Waals surface area contributed by atoms with Crippen LogP contribution in [0.15, 0.2) is 53.4 Å².